The van der Waals surface area contributed by atoms with Crippen LogP contribution in [-0.2, 0) is 10.0 Å². The van der Waals surface area contributed by atoms with E-state index in [9.17, 15) is 18.5 Å². The summed E-state index contributed by atoms with van der Waals surface area (Å²) in [7, 11) is -2.51. The van der Waals surface area contributed by atoms with E-state index in [0.29, 0.717) is 0 Å². The zero-order chi connectivity index (χ0) is 15.7. The molecule has 1 rings (SSSR count). The normalized spacial score (nSPS) is 13.5. The van der Waals surface area contributed by atoms with Gasteiger partial charge >= 0.3 is 0 Å². The van der Waals surface area contributed by atoms with Gasteiger partial charge in [0.15, 0.2) is 0 Å². The summed E-state index contributed by atoms with van der Waals surface area (Å²) in [6.45, 7) is 3.24. The fraction of sp³-hybridized carbons (Fsp3) is 0.455. The number of nitro benzene ring substituents is 1. The van der Waals surface area contributed by atoms with E-state index in [1.54, 1.807) is 6.92 Å². The summed E-state index contributed by atoms with van der Waals surface area (Å²) in [5.74, 6) is 0. The topological polar surface area (TPSA) is 107 Å². The fourth-order valence-electron chi connectivity index (χ4n) is 1.53. The van der Waals surface area contributed by atoms with Gasteiger partial charge in [-0.2, -0.15) is 4.31 Å². The van der Waals surface area contributed by atoms with Gasteiger partial charge in [-0.15, -0.1) is 0 Å². The van der Waals surface area contributed by atoms with E-state index in [2.05, 4.69) is 0 Å². The maximum atomic E-state index is 12.4. The van der Waals surface area contributed by atoms with Crippen LogP contribution in [0.2, 0.25) is 5.02 Å². The standard InChI is InChI=1S/C11H16ClN3O4S/c1-7(6-13)14(3)20(18,19)9-4-10(12)8(2)11(5-9)15(16)17/h4-5,7H,6,13H2,1-3H3. The van der Waals surface area contributed by atoms with Gasteiger partial charge in [0.1, 0.15) is 0 Å². The quantitative estimate of drug-likeness (QED) is 0.653. The van der Waals surface area contributed by atoms with Crippen molar-refractivity contribution >= 4 is 27.3 Å². The molecular weight excluding hydrogens is 306 g/mol. The molecule has 20 heavy (non-hydrogen) atoms. The van der Waals surface area contributed by atoms with Crippen molar-refractivity contribution in [2.75, 3.05) is 13.6 Å². The van der Waals surface area contributed by atoms with E-state index in [0.717, 1.165) is 10.4 Å². The highest BCUT2D eigenvalue weighted by Crippen LogP contribution is 2.30. The second-order valence-corrected chi connectivity index (χ2v) is 6.82. The average Bonchev–Trinajstić information content (AvgIpc) is 2.39. The lowest BCUT2D eigenvalue weighted by Crippen LogP contribution is -2.39. The molecule has 0 heterocycles. The summed E-state index contributed by atoms with van der Waals surface area (Å²) in [5.41, 5.74) is 5.34. The minimum Gasteiger partial charge on any atom is -0.329 e. The first-order valence-corrected chi connectivity index (χ1v) is 7.57. The zero-order valence-electron chi connectivity index (χ0n) is 11.3. The molecule has 0 aliphatic rings. The number of rotatable bonds is 5. The number of hydrogen-bond acceptors (Lipinski definition) is 5. The second-order valence-electron chi connectivity index (χ2n) is 4.41. The predicted molar refractivity (Wildman–Crippen MR) is 76.3 cm³/mol. The van der Waals surface area contributed by atoms with Crippen molar-refractivity contribution in [1.82, 2.24) is 4.31 Å². The molecule has 1 unspecified atom stereocenters. The molecule has 112 valence electrons. The summed E-state index contributed by atoms with van der Waals surface area (Å²) in [6.07, 6.45) is 0. The minimum atomic E-state index is -3.88. The van der Waals surface area contributed by atoms with Crippen LogP contribution in [0.3, 0.4) is 0 Å². The summed E-state index contributed by atoms with van der Waals surface area (Å²) in [6, 6.07) is 1.79. The lowest BCUT2D eigenvalue weighted by atomic mass is 10.2. The Balaban J connectivity index is 3.44. The average molecular weight is 322 g/mol. The smallest absolute Gasteiger partial charge is 0.275 e. The first-order valence-electron chi connectivity index (χ1n) is 5.75. The lowest BCUT2D eigenvalue weighted by molar-refractivity contribution is -0.385. The molecule has 1 aromatic rings. The molecule has 0 bridgehead atoms. The van der Waals surface area contributed by atoms with Crippen LogP contribution >= 0.6 is 11.6 Å². The van der Waals surface area contributed by atoms with Gasteiger partial charge in [0.2, 0.25) is 10.0 Å². The number of sulfonamides is 1. The van der Waals surface area contributed by atoms with E-state index in [1.165, 1.54) is 20.0 Å². The van der Waals surface area contributed by atoms with Gasteiger partial charge in [-0.25, -0.2) is 8.42 Å². The molecule has 0 saturated carbocycles. The van der Waals surface area contributed by atoms with Gasteiger partial charge in [0.25, 0.3) is 5.69 Å². The lowest BCUT2D eigenvalue weighted by Gasteiger charge is -2.23. The molecule has 0 radical (unpaired) electrons. The van der Waals surface area contributed by atoms with E-state index < -0.39 is 21.0 Å². The van der Waals surface area contributed by atoms with Crippen molar-refractivity contribution in [2.45, 2.75) is 24.8 Å². The SMILES string of the molecule is Cc1c(Cl)cc(S(=O)(=O)N(C)C(C)CN)cc1[N+](=O)[O-]. The highest BCUT2D eigenvalue weighted by molar-refractivity contribution is 7.89. The minimum absolute atomic E-state index is 0.0339. The van der Waals surface area contributed by atoms with Crippen molar-refractivity contribution < 1.29 is 13.3 Å². The van der Waals surface area contributed by atoms with Gasteiger partial charge in [-0.05, 0) is 19.9 Å². The maximum absolute atomic E-state index is 12.4. The van der Waals surface area contributed by atoms with Gasteiger partial charge < -0.3 is 5.73 Å². The third-order valence-electron chi connectivity index (χ3n) is 3.13. The third-order valence-corrected chi connectivity index (χ3v) is 5.47. The van der Waals surface area contributed by atoms with Crippen LogP contribution in [0.5, 0.6) is 0 Å². The Kier molecular flexibility index (Phi) is 5.09. The van der Waals surface area contributed by atoms with Crippen molar-refractivity contribution in [1.29, 1.82) is 0 Å². The first-order chi connectivity index (χ1) is 9.12. The molecule has 0 aromatic heterocycles. The fourth-order valence-corrected chi connectivity index (χ4v) is 3.23. The van der Waals surface area contributed by atoms with Gasteiger partial charge in [-0.1, -0.05) is 11.6 Å². The molecule has 7 nitrogen and oxygen atoms in total. The monoisotopic (exact) mass is 321 g/mol. The first kappa shape index (κ1) is 16.8. The van der Waals surface area contributed by atoms with Gasteiger partial charge in [-0.3, -0.25) is 10.1 Å². The zero-order valence-corrected chi connectivity index (χ0v) is 12.9. The molecule has 0 aliphatic carbocycles. The van der Waals surface area contributed by atoms with Crippen LogP contribution in [-0.4, -0.2) is 37.3 Å². The van der Waals surface area contributed by atoms with Crippen LogP contribution < -0.4 is 5.73 Å². The van der Waals surface area contributed by atoms with Crippen molar-refractivity contribution in [3.05, 3.63) is 32.8 Å². The summed E-state index contributed by atoms with van der Waals surface area (Å²) < 4.78 is 25.8. The van der Waals surface area contributed by atoms with Crippen molar-refractivity contribution in [3.8, 4) is 0 Å². The Morgan fingerprint density at radius 3 is 2.50 bits per heavy atom. The van der Waals surface area contributed by atoms with Crippen LogP contribution in [0.25, 0.3) is 0 Å². The van der Waals surface area contributed by atoms with Gasteiger partial charge in [0, 0.05) is 31.3 Å². The van der Waals surface area contributed by atoms with E-state index in [4.69, 9.17) is 17.3 Å². The molecule has 2 N–H and O–H groups in total. The number of benzene rings is 1. The van der Waals surface area contributed by atoms with E-state index in [1.807, 2.05) is 0 Å². The Labute approximate surface area is 122 Å². The number of likely N-dealkylation sites (N-methyl/N-ethyl adjacent to an activating group) is 1. The maximum Gasteiger partial charge on any atom is 0.275 e. The highest BCUT2D eigenvalue weighted by atomic mass is 35.5. The van der Waals surface area contributed by atoms with E-state index in [-0.39, 0.29) is 27.7 Å². The molecule has 1 atom stereocenters. The molecule has 0 saturated heterocycles. The largest absolute Gasteiger partial charge is 0.329 e. The highest BCUT2D eigenvalue weighted by Gasteiger charge is 2.28. The number of hydrogen-bond donors (Lipinski definition) is 1. The van der Waals surface area contributed by atoms with Crippen molar-refractivity contribution in [3.63, 3.8) is 0 Å². The molecule has 0 fully saturated rings. The van der Waals surface area contributed by atoms with Crippen LogP contribution in [0.1, 0.15) is 12.5 Å². The van der Waals surface area contributed by atoms with Crippen molar-refractivity contribution in [2.24, 2.45) is 5.73 Å². The van der Waals surface area contributed by atoms with Crippen LogP contribution in [0.15, 0.2) is 17.0 Å². The number of nitrogens with two attached hydrogens (primary N) is 1. The predicted octanol–water partition coefficient (Wildman–Crippen LogP) is 1.52. The Hall–Kier alpha value is -1.22. The van der Waals surface area contributed by atoms with E-state index >= 15 is 0 Å². The molecule has 1 aromatic carbocycles. The number of nitro groups is 1. The van der Waals surface area contributed by atoms with Crippen LogP contribution in [0, 0.1) is 17.0 Å². The van der Waals surface area contributed by atoms with Crippen LogP contribution in [0.4, 0.5) is 5.69 Å². The molecule has 0 spiro atoms. The Bertz CT molecular complexity index is 633. The molecule has 0 aliphatic heterocycles. The van der Waals surface area contributed by atoms with Gasteiger partial charge in [0.05, 0.1) is 14.8 Å². The molecular formula is C11H16ClN3O4S. The number of halogens is 1. The third kappa shape index (κ3) is 3.09. The molecule has 9 heteroatoms. The summed E-state index contributed by atoms with van der Waals surface area (Å²) >= 11 is 5.88. The summed E-state index contributed by atoms with van der Waals surface area (Å²) in [4.78, 5) is 10.1. The second kappa shape index (κ2) is 6.04. The Morgan fingerprint density at radius 2 is 2.05 bits per heavy atom. The number of nitrogens with zero attached hydrogens (tertiary/aromatic N) is 2. The molecule has 0 amide bonds. The summed E-state index contributed by atoms with van der Waals surface area (Å²) in [5, 5.41) is 11.0. The Morgan fingerprint density at radius 1 is 1.50 bits per heavy atom.